The number of hydrogen-bond donors (Lipinski definition) is 3. The van der Waals surface area contributed by atoms with E-state index in [1.54, 1.807) is 0 Å². The van der Waals surface area contributed by atoms with E-state index in [4.69, 9.17) is 9.47 Å². The summed E-state index contributed by atoms with van der Waals surface area (Å²) in [6.45, 7) is 7.28. The summed E-state index contributed by atoms with van der Waals surface area (Å²) in [4.78, 5) is 27.0. The van der Waals surface area contributed by atoms with E-state index in [-0.39, 0.29) is 23.9 Å². The van der Waals surface area contributed by atoms with Crippen molar-refractivity contribution in [3.63, 3.8) is 0 Å². The number of likely N-dealkylation sites (N-methyl/N-ethyl adjacent to an activating group) is 1. The second kappa shape index (κ2) is 8.90. The maximum Gasteiger partial charge on any atom is 0.268 e. The van der Waals surface area contributed by atoms with Crippen molar-refractivity contribution in [1.29, 1.82) is 0 Å². The minimum absolute atomic E-state index is 0.0138. The Bertz CT molecular complexity index is 1160. The summed E-state index contributed by atoms with van der Waals surface area (Å²) in [6, 6.07) is 8.01. The van der Waals surface area contributed by atoms with E-state index in [9.17, 15) is 4.79 Å². The number of aromatic nitrogens is 3. The standard InChI is InChI=1S/C24H30N6O3/c1-14(2)21(15-4-5-19-20(10-15)33-9-8-32-19)29-23-17-11-18(28-22(17)25-13-26-23)24(31)27-16-6-7-30(3)12-16/h4-5,10-11,13-14,16,21H,6-9,12H2,1-3H3,(H,27,31)(H2,25,26,28,29)/t16-,21-/m1/s1. The zero-order chi connectivity index (χ0) is 22.9. The minimum atomic E-state index is -0.119. The van der Waals surface area contributed by atoms with Crippen LogP contribution in [0.5, 0.6) is 11.5 Å². The number of fused-ring (bicyclic) bond motifs is 2. The molecule has 1 fully saturated rings. The molecule has 0 unspecified atom stereocenters. The van der Waals surface area contributed by atoms with Crippen LogP contribution in [0, 0.1) is 5.92 Å². The monoisotopic (exact) mass is 450 g/mol. The molecule has 1 aromatic carbocycles. The van der Waals surface area contributed by atoms with E-state index in [1.807, 2.05) is 18.2 Å². The third-order valence-electron chi connectivity index (χ3n) is 6.28. The minimum Gasteiger partial charge on any atom is -0.486 e. The molecule has 2 aliphatic rings. The summed E-state index contributed by atoms with van der Waals surface area (Å²) in [6.07, 6.45) is 2.47. The third kappa shape index (κ3) is 4.45. The summed E-state index contributed by atoms with van der Waals surface area (Å²) in [7, 11) is 2.06. The zero-order valence-corrected chi connectivity index (χ0v) is 19.2. The lowest BCUT2D eigenvalue weighted by Gasteiger charge is -2.26. The van der Waals surface area contributed by atoms with Crippen LogP contribution < -0.4 is 20.1 Å². The molecule has 9 nitrogen and oxygen atoms in total. The van der Waals surface area contributed by atoms with Crippen LogP contribution in [0.2, 0.25) is 0 Å². The second-order valence-electron chi connectivity index (χ2n) is 9.16. The molecule has 0 aliphatic carbocycles. The quantitative estimate of drug-likeness (QED) is 0.530. The number of amides is 1. The van der Waals surface area contributed by atoms with Crippen LogP contribution in [0.4, 0.5) is 5.82 Å². The highest BCUT2D eigenvalue weighted by atomic mass is 16.6. The molecule has 9 heteroatoms. The Morgan fingerprint density at radius 2 is 2.00 bits per heavy atom. The van der Waals surface area contributed by atoms with Crippen molar-refractivity contribution >= 4 is 22.8 Å². The van der Waals surface area contributed by atoms with Gasteiger partial charge in [0.2, 0.25) is 0 Å². The van der Waals surface area contributed by atoms with Crippen molar-refractivity contribution in [3.05, 3.63) is 41.9 Å². The fourth-order valence-electron chi connectivity index (χ4n) is 4.53. The fraction of sp³-hybridized carbons (Fsp3) is 0.458. The van der Waals surface area contributed by atoms with Gasteiger partial charge in [-0.3, -0.25) is 4.79 Å². The maximum absolute atomic E-state index is 12.8. The van der Waals surface area contributed by atoms with Gasteiger partial charge in [0.1, 0.15) is 36.7 Å². The average Bonchev–Trinajstić information content (AvgIpc) is 3.43. The molecule has 0 bridgehead atoms. The Balaban J connectivity index is 1.40. The van der Waals surface area contributed by atoms with Gasteiger partial charge >= 0.3 is 0 Å². The van der Waals surface area contributed by atoms with Crippen LogP contribution in [0.3, 0.4) is 0 Å². The van der Waals surface area contributed by atoms with Gasteiger partial charge in [0.25, 0.3) is 5.91 Å². The van der Waals surface area contributed by atoms with E-state index in [0.29, 0.717) is 30.4 Å². The molecule has 0 saturated carbocycles. The SMILES string of the molecule is CC(C)[C@@H](Nc1ncnc2[nH]c(C(=O)N[C@@H]3CCN(C)C3)cc12)c1ccc2c(c1)OCCO2. The number of anilines is 1. The Morgan fingerprint density at radius 3 is 2.76 bits per heavy atom. The Kier molecular flexibility index (Phi) is 5.80. The second-order valence-corrected chi connectivity index (χ2v) is 9.16. The van der Waals surface area contributed by atoms with E-state index in [0.717, 1.165) is 42.0 Å². The summed E-state index contributed by atoms with van der Waals surface area (Å²) < 4.78 is 11.4. The predicted molar refractivity (Wildman–Crippen MR) is 126 cm³/mol. The van der Waals surface area contributed by atoms with Crippen molar-refractivity contribution in [3.8, 4) is 11.5 Å². The highest BCUT2D eigenvalue weighted by molar-refractivity contribution is 6.00. The Hall–Kier alpha value is -3.33. The van der Waals surface area contributed by atoms with Crippen LogP contribution in [-0.2, 0) is 0 Å². The van der Waals surface area contributed by atoms with E-state index < -0.39 is 0 Å². The Morgan fingerprint density at radius 1 is 1.18 bits per heavy atom. The first-order valence-electron chi connectivity index (χ1n) is 11.5. The molecule has 33 heavy (non-hydrogen) atoms. The van der Waals surface area contributed by atoms with Crippen molar-refractivity contribution in [1.82, 2.24) is 25.2 Å². The molecule has 2 aromatic heterocycles. The predicted octanol–water partition coefficient (Wildman–Crippen LogP) is 2.97. The number of rotatable bonds is 6. The Labute approximate surface area is 192 Å². The largest absolute Gasteiger partial charge is 0.486 e. The average molecular weight is 451 g/mol. The molecule has 1 amide bonds. The summed E-state index contributed by atoms with van der Waals surface area (Å²) in [5.74, 6) is 2.37. The highest BCUT2D eigenvalue weighted by Crippen LogP contribution is 2.36. The van der Waals surface area contributed by atoms with E-state index in [2.05, 4.69) is 57.4 Å². The zero-order valence-electron chi connectivity index (χ0n) is 19.2. The van der Waals surface area contributed by atoms with Gasteiger partial charge in [0.15, 0.2) is 11.5 Å². The summed E-state index contributed by atoms with van der Waals surface area (Å²) >= 11 is 0. The number of hydrogen-bond acceptors (Lipinski definition) is 7. The van der Waals surface area contributed by atoms with Crippen LogP contribution in [-0.4, -0.2) is 65.2 Å². The lowest BCUT2D eigenvalue weighted by molar-refractivity contribution is 0.0934. The van der Waals surface area contributed by atoms with Gasteiger partial charge in [-0.05, 0) is 49.7 Å². The van der Waals surface area contributed by atoms with Crippen LogP contribution in [0.1, 0.15) is 42.4 Å². The number of ether oxygens (including phenoxy) is 2. The number of likely N-dealkylation sites (tertiary alicyclic amines) is 1. The summed E-state index contributed by atoms with van der Waals surface area (Å²) in [5.41, 5.74) is 2.20. The lowest BCUT2D eigenvalue weighted by atomic mass is 9.95. The van der Waals surface area contributed by atoms with Crippen LogP contribution >= 0.6 is 0 Å². The van der Waals surface area contributed by atoms with Crippen LogP contribution in [0.15, 0.2) is 30.6 Å². The van der Waals surface area contributed by atoms with Crippen LogP contribution in [0.25, 0.3) is 11.0 Å². The molecule has 4 heterocycles. The molecular weight excluding hydrogens is 420 g/mol. The number of carbonyl (C=O) groups is 1. The highest BCUT2D eigenvalue weighted by Gasteiger charge is 2.24. The molecule has 3 aromatic rings. The first kappa shape index (κ1) is 21.5. The van der Waals surface area contributed by atoms with Crippen molar-refractivity contribution in [2.24, 2.45) is 5.92 Å². The number of nitrogens with one attached hydrogen (secondary N) is 3. The molecule has 5 rings (SSSR count). The molecule has 0 spiro atoms. The molecule has 174 valence electrons. The number of benzene rings is 1. The number of nitrogens with zero attached hydrogens (tertiary/aromatic N) is 3. The van der Waals surface area contributed by atoms with Gasteiger partial charge in [-0.2, -0.15) is 0 Å². The van der Waals surface area contributed by atoms with Gasteiger partial charge in [-0.15, -0.1) is 0 Å². The maximum atomic E-state index is 12.8. The molecule has 2 aliphatic heterocycles. The van der Waals surface area contributed by atoms with Gasteiger partial charge < -0.3 is 30.0 Å². The first-order valence-corrected chi connectivity index (χ1v) is 11.5. The van der Waals surface area contributed by atoms with Crippen molar-refractivity contribution < 1.29 is 14.3 Å². The van der Waals surface area contributed by atoms with Gasteiger partial charge in [-0.1, -0.05) is 19.9 Å². The van der Waals surface area contributed by atoms with E-state index >= 15 is 0 Å². The molecule has 0 radical (unpaired) electrons. The molecule has 3 N–H and O–H groups in total. The molecular formula is C24H30N6O3. The van der Waals surface area contributed by atoms with E-state index in [1.165, 1.54) is 6.33 Å². The summed E-state index contributed by atoms with van der Waals surface area (Å²) in [5, 5.41) is 7.47. The number of H-pyrrole nitrogens is 1. The number of carbonyl (C=O) groups excluding carboxylic acids is 1. The van der Waals surface area contributed by atoms with Gasteiger partial charge in [0.05, 0.1) is 11.4 Å². The molecule has 1 saturated heterocycles. The molecule has 2 atom stereocenters. The topological polar surface area (TPSA) is 104 Å². The lowest BCUT2D eigenvalue weighted by Crippen LogP contribution is -2.36. The fourth-order valence-corrected chi connectivity index (χ4v) is 4.53. The van der Waals surface area contributed by atoms with Crippen molar-refractivity contribution in [2.45, 2.75) is 32.4 Å². The smallest absolute Gasteiger partial charge is 0.268 e. The van der Waals surface area contributed by atoms with Gasteiger partial charge in [-0.25, -0.2) is 9.97 Å². The first-order chi connectivity index (χ1) is 16.0. The van der Waals surface area contributed by atoms with Gasteiger partial charge in [0, 0.05) is 12.6 Å². The normalized spacial score (nSPS) is 19.1. The number of aromatic amines is 1. The van der Waals surface area contributed by atoms with Crippen molar-refractivity contribution in [2.75, 3.05) is 38.7 Å². The third-order valence-corrected chi connectivity index (χ3v) is 6.28.